The first-order chi connectivity index (χ1) is 15.1. The van der Waals surface area contributed by atoms with Gasteiger partial charge in [0, 0.05) is 23.6 Å². The summed E-state index contributed by atoms with van der Waals surface area (Å²) in [4.78, 5) is 31.2. The Bertz CT molecular complexity index is 1170. The average Bonchev–Trinajstić information content (AvgIpc) is 3.17. The third-order valence-electron chi connectivity index (χ3n) is 5.12. The first-order valence-corrected chi connectivity index (χ1v) is 9.77. The molecule has 4 rings (SSSR count). The lowest BCUT2D eigenvalue weighted by Crippen LogP contribution is -2.26. The van der Waals surface area contributed by atoms with Crippen LogP contribution in [-0.4, -0.2) is 30.7 Å². The molecule has 0 saturated heterocycles. The van der Waals surface area contributed by atoms with Gasteiger partial charge in [0.1, 0.15) is 17.3 Å². The molecule has 0 radical (unpaired) electrons. The van der Waals surface area contributed by atoms with Crippen molar-refractivity contribution >= 4 is 17.4 Å². The van der Waals surface area contributed by atoms with E-state index < -0.39 is 17.8 Å². The minimum atomic E-state index is -4.50. The molecule has 0 unspecified atom stereocenters. The number of carbonyl (C=O) groups excluding carboxylic acids is 1. The van der Waals surface area contributed by atoms with Gasteiger partial charge in [0.2, 0.25) is 0 Å². The number of nitrogen functional groups attached to an aromatic ring is 1. The zero-order chi connectivity index (χ0) is 23.0. The number of anilines is 2. The van der Waals surface area contributed by atoms with Gasteiger partial charge in [0.05, 0.1) is 36.6 Å². The third kappa shape index (κ3) is 4.32. The highest BCUT2D eigenvalue weighted by atomic mass is 19.4. The monoisotopic (exact) mass is 443 g/mol. The predicted molar refractivity (Wildman–Crippen MR) is 110 cm³/mol. The molecule has 0 spiro atoms. The van der Waals surface area contributed by atoms with Crippen molar-refractivity contribution in [2.24, 2.45) is 0 Å². The molecule has 0 bridgehead atoms. The summed E-state index contributed by atoms with van der Waals surface area (Å²) in [6.07, 6.45) is -0.191. The number of benzene rings is 1. The van der Waals surface area contributed by atoms with E-state index in [1.165, 1.54) is 24.7 Å². The summed E-state index contributed by atoms with van der Waals surface area (Å²) < 4.78 is 39.6. The fourth-order valence-corrected chi connectivity index (χ4v) is 3.59. The van der Waals surface area contributed by atoms with E-state index >= 15 is 0 Å². The van der Waals surface area contributed by atoms with Crippen molar-refractivity contribution in [1.29, 1.82) is 0 Å². The Kier molecular flexibility index (Phi) is 5.41. The number of hydrogen-bond acceptors (Lipinski definition) is 7. The number of aryl methyl sites for hydroxylation is 1. The Morgan fingerprint density at radius 3 is 2.66 bits per heavy atom. The van der Waals surface area contributed by atoms with Gasteiger partial charge < -0.3 is 16.0 Å². The fraction of sp³-hybridized carbons (Fsp3) is 0.286. The molecule has 2 aromatic heterocycles. The summed E-state index contributed by atoms with van der Waals surface area (Å²) in [5.41, 5.74) is 6.87. The molecule has 1 atom stereocenters. The summed E-state index contributed by atoms with van der Waals surface area (Å²) in [7, 11) is 0. The molecule has 3 heterocycles. The zero-order valence-corrected chi connectivity index (χ0v) is 17.3. The molecule has 1 aromatic carbocycles. The summed E-state index contributed by atoms with van der Waals surface area (Å²) in [5, 5.41) is 3.16. The van der Waals surface area contributed by atoms with Gasteiger partial charge in [-0.15, -0.1) is 0 Å². The highest BCUT2D eigenvalue weighted by molar-refractivity contribution is 5.92. The first kappa shape index (κ1) is 21.5. The van der Waals surface area contributed by atoms with Crippen molar-refractivity contribution in [1.82, 2.24) is 24.8 Å². The van der Waals surface area contributed by atoms with Gasteiger partial charge in [-0.3, -0.25) is 9.78 Å². The first-order valence-electron chi connectivity index (χ1n) is 9.77. The van der Waals surface area contributed by atoms with Crippen molar-refractivity contribution < 1.29 is 18.0 Å². The number of halogens is 3. The second-order valence-electron chi connectivity index (χ2n) is 7.55. The Balaban J connectivity index is 1.60. The van der Waals surface area contributed by atoms with Gasteiger partial charge in [0.25, 0.3) is 5.91 Å². The second-order valence-corrected chi connectivity index (χ2v) is 7.55. The van der Waals surface area contributed by atoms with Gasteiger partial charge in [-0.05, 0) is 37.6 Å². The van der Waals surface area contributed by atoms with Crippen LogP contribution in [0.3, 0.4) is 0 Å². The van der Waals surface area contributed by atoms with Gasteiger partial charge in [-0.2, -0.15) is 13.2 Å². The zero-order valence-electron chi connectivity index (χ0n) is 17.3. The topological polar surface area (TPSA) is 110 Å². The van der Waals surface area contributed by atoms with E-state index in [1.807, 2.05) is 0 Å². The van der Waals surface area contributed by atoms with Crippen LogP contribution in [0, 0.1) is 6.92 Å². The number of hydrogen-bond donors (Lipinski definition) is 2. The van der Waals surface area contributed by atoms with Gasteiger partial charge in [-0.1, -0.05) is 0 Å². The molecular formula is C21H20F3N7O. The summed E-state index contributed by atoms with van der Waals surface area (Å²) >= 11 is 0. The Labute approximate surface area is 181 Å². The molecule has 11 heteroatoms. The van der Waals surface area contributed by atoms with Crippen LogP contribution in [0.4, 0.5) is 24.7 Å². The maximum atomic E-state index is 13.2. The van der Waals surface area contributed by atoms with Crippen LogP contribution in [0.5, 0.6) is 0 Å². The number of nitrogens with two attached hydrogens (primary N) is 1. The number of carbonyl (C=O) groups is 1. The van der Waals surface area contributed by atoms with E-state index in [9.17, 15) is 18.0 Å². The fourth-order valence-electron chi connectivity index (χ4n) is 3.59. The normalized spacial score (nSPS) is 14.2. The molecule has 3 aromatic rings. The number of nitrogens with one attached hydrogen (secondary N) is 1. The molecule has 3 N–H and O–H groups in total. The maximum Gasteiger partial charge on any atom is 0.416 e. The molecule has 0 saturated carbocycles. The number of aromatic nitrogens is 4. The van der Waals surface area contributed by atoms with Crippen molar-refractivity contribution in [3.05, 3.63) is 70.7 Å². The number of alkyl halides is 3. The van der Waals surface area contributed by atoms with E-state index in [0.29, 0.717) is 28.5 Å². The second kappa shape index (κ2) is 8.06. The van der Waals surface area contributed by atoms with E-state index in [4.69, 9.17) is 5.73 Å². The van der Waals surface area contributed by atoms with E-state index in [0.717, 1.165) is 12.1 Å². The molecule has 1 amide bonds. The largest absolute Gasteiger partial charge is 0.416 e. The molecular weight excluding hydrogens is 423 g/mol. The van der Waals surface area contributed by atoms with Crippen LogP contribution in [0.1, 0.15) is 51.7 Å². The Morgan fingerprint density at radius 2 is 1.97 bits per heavy atom. The summed E-state index contributed by atoms with van der Waals surface area (Å²) in [6.45, 7) is 3.94. The Hall–Kier alpha value is -3.76. The van der Waals surface area contributed by atoms with Crippen LogP contribution in [-0.2, 0) is 19.3 Å². The number of rotatable bonds is 4. The van der Waals surface area contributed by atoms with Crippen LogP contribution in [0.2, 0.25) is 0 Å². The third-order valence-corrected chi connectivity index (χ3v) is 5.12. The molecule has 32 heavy (non-hydrogen) atoms. The maximum absolute atomic E-state index is 13.2. The van der Waals surface area contributed by atoms with Crippen LogP contribution in [0.15, 0.2) is 36.8 Å². The molecule has 0 fully saturated rings. The van der Waals surface area contributed by atoms with E-state index in [2.05, 4.69) is 25.3 Å². The number of fused-ring (bicyclic) bond motifs is 1. The van der Waals surface area contributed by atoms with E-state index in [-0.39, 0.29) is 30.4 Å². The SMILES string of the molecule is Cc1nc2c(c(N[C@H](C)c3cc(N)cc(C(F)(F)F)c3)n1)CN(C(=O)c1cnccn1)C2. The van der Waals surface area contributed by atoms with Gasteiger partial charge in [0.15, 0.2) is 0 Å². The van der Waals surface area contributed by atoms with Crippen LogP contribution < -0.4 is 11.1 Å². The van der Waals surface area contributed by atoms with Gasteiger partial charge in [-0.25, -0.2) is 15.0 Å². The lowest BCUT2D eigenvalue weighted by atomic mass is 10.0. The molecule has 8 nitrogen and oxygen atoms in total. The minimum absolute atomic E-state index is 0.0216. The van der Waals surface area contributed by atoms with Crippen molar-refractivity contribution in [3.63, 3.8) is 0 Å². The molecule has 0 aliphatic carbocycles. The van der Waals surface area contributed by atoms with Crippen molar-refractivity contribution in [3.8, 4) is 0 Å². The highest BCUT2D eigenvalue weighted by Crippen LogP contribution is 2.34. The highest BCUT2D eigenvalue weighted by Gasteiger charge is 2.32. The lowest BCUT2D eigenvalue weighted by Gasteiger charge is -2.19. The van der Waals surface area contributed by atoms with Crippen molar-refractivity contribution in [2.45, 2.75) is 39.2 Å². The standard InChI is InChI=1S/C21H20F3N7O/c1-11(13-5-14(21(22,23)24)7-15(25)6-13)28-19-16-9-31(10-18(16)29-12(2)30-19)20(32)17-8-26-3-4-27-17/h3-8,11H,9-10,25H2,1-2H3,(H,28,29,30)/t11-/m1/s1. The lowest BCUT2D eigenvalue weighted by molar-refractivity contribution is -0.137. The molecule has 1 aliphatic heterocycles. The minimum Gasteiger partial charge on any atom is -0.399 e. The molecule has 166 valence electrons. The molecule has 1 aliphatic rings. The van der Waals surface area contributed by atoms with Gasteiger partial charge >= 0.3 is 6.18 Å². The average molecular weight is 443 g/mol. The van der Waals surface area contributed by atoms with Crippen LogP contribution >= 0.6 is 0 Å². The smallest absolute Gasteiger partial charge is 0.399 e. The van der Waals surface area contributed by atoms with Crippen molar-refractivity contribution in [2.75, 3.05) is 11.1 Å². The predicted octanol–water partition coefficient (Wildman–Crippen LogP) is 3.51. The van der Waals surface area contributed by atoms with E-state index in [1.54, 1.807) is 18.7 Å². The van der Waals surface area contributed by atoms with Crippen LogP contribution in [0.25, 0.3) is 0 Å². The Morgan fingerprint density at radius 1 is 1.19 bits per heavy atom. The summed E-state index contributed by atoms with van der Waals surface area (Å²) in [5.74, 6) is 0.652. The summed E-state index contributed by atoms with van der Waals surface area (Å²) in [6, 6.07) is 2.93. The number of amides is 1. The number of nitrogens with zero attached hydrogens (tertiary/aromatic N) is 5. The quantitative estimate of drug-likeness (QED) is 0.594.